The molecule has 4 heterocycles. The summed E-state index contributed by atoms with van der Waals surface area (Å²) in [6, 6.07) is 0.362. The van der Waals surface area contributed by atoms with Gasteiger partial charge in [-0.15, -0.1) is 24.8 Å². The van der Waals surface area contributed by atoms with Gasteiger partial charge in [-0.3, -0.25) is 19.9 Å². The van der Waals surface area contributed by atoms with E-state index in [-0.39, 0.29) is 30.4 Å². The van der Waals surface area contributed by atoms with Crippen LogP contribution in [0, 0.1) is 0 Å². The van der Waals surface area contributed by atoms with Crippen LogP contribution in [-0.4, -0.2) is 63.4 Å². The van der Waals surface area contributed by atoms with E-state index in [2.05, 4.69) is 20.2 Å². The minimum atomic E-state index is -0.598. The minimum Gasteiger partial charge on any atom is -0.370 e. The number of hydrogen-bond acceptors (Lipinski definition) is 7. The molecule has 2 bridgehead atoms. The van der Waals surface area contributed by atoms with E-state index in [0.29, 0.717) is 17.8 Å². The van der Waals surface area contributed by atoms with Gasteiger partial charge < -0.3 is 10.1 Å². The van der Waals surface area contributed by atoms with E-state index in [1.807, 2.05) is 0 Å². The third-order valence-electron chi connectivity index (χ3n) is 5.58. The van der Waals surface area contributed by atoms with Crippen LogP contribution in [0.15, 0.2) is 18.5 Å². The first-order chi connectivity index (χ1) is 12.6. The maximum absolute atomic E-state index is 11.0. The summed E-state index contributed by atoms with van der Waals surface area (Å²) in [5.74, 6) is 0.135. The molecule has 3 N–H and O–H groups in total. The molecule has 0 spiro atoms. The predicted octanol–water partition coefficient (Wildman–Crippen LogP) is 2.04. The fourth-order valence-corrected chi connectivity index (χ4v) is 4.31. The smallest absolute Gasteiger partial charge is 0.267 e. The maximum Gasteiger partial charge on any atom is 0.267 e. The molecule has 0 aliphatic carbocycles. The van der Waals surface area contributed by atoms with Gasteiger partial charge in [0.2, 0.25) is 0 Å². The summed E-state index contributed by atoms with van der Waals surface area (Å²) in [6.07, 6.45) is 12.4. The molecule has 0 unspecified atom stereocenters. The van der Waals surface area contributed by atoms with Gasteiger partial charge in [0.05, 0.1) is 29.8 Å². The van der Waals surface area contributed by atoms with Crippen molar-refractivity contribution >= 4 is 42.6 Å². The van der Waals surface area contributed by atoms with Crippen molar-refractivity contribution in [2.45, 2.75) is 49.9 Å². The van der Waals surface area contributed by atoms with E-state index >= 15 is 0 Å². The van der Waals surface area contributed by atoms with Gasteiger partial charge in [0.15, 0.2) is 0 Å². The van der Waals surface area contributed by atoms with E-state index in [9.17, 15) is 4.79 Å². The van der Waals surface area contributed by atoms with Crippen LogP contribution in [0.1, 0.15) is 37.8 Å². The van der Waals surface area contributed by atoms with Crippen molar-refractivity contribution < 1.29 is 14.7 Å². The number of nitrogens with zero attached hydrogens (tertiary/aromatic N) is 3. The van der Waals surface area contributed by atoms with Gasteiger partial charge in [-0.2, -0.15) is 0 Å². The number of likely N-dealkylation sites (tertiary alicyclic amines) is 1. The Morgan fingerprint density at radius 1 is 1.29 bits per heavy atom. The van der Waals surface area contributed by atoms with Crippen LogP contribution >= 0.6 is 24.8 Å². The van der Waals surface area contributed by atoms with Crippen molar-refractivity contribution in [1.82, 2.24) is 20.3 Å². The Balaban J connectivity index is 0.00000140. The fraction of sp³-hybridized carbons (Fsp3) is 0.611. The van der Waals surface area contributed by atoms with Crippen LogP contribution < -0.4 is 10.8 Å². The molecule has 0 aromatic carbocycles. The van der Waals surface area contributed by atoms with Crippen molar-refractivity contribution in [2.75, 3.05) is 25.0 Å². The fourth-order valence-electron chi connectivity index (χ4n) is 4.31. The molecule has 1 aromatic heterocycles. The summed E-state index contributed by atoms with van der Waals surface area (Å²) in [4.78, 5) is 22.1. The summed E-state index contributed by atoms with van der Waals surface area (Å²) in [7, 11) is 0. The van der Waals surface area contributed by atoms with E-state index < -0.39 is 5.91 Å². The number of nitrogens with one attached hydrogen (secondary N) is 2. The molecule has 1 atom stereocenters. The van der Waals surface area contributed by atoms with Gasteiger partial charge in [0.25, 0.3) is 5.91 Å². The Morgan fingerprint density at radius 2 is 2.07 bits per heavy atom. The zero-order chi connectivity index (χ0) is 18.0. The molecule has 0 saturated carbocycles. The number of hydroxylamine groups is 1. The lowest BCUT2D eigenvalue weighted by Crippen LogP contribution is -2.41. The minimum absolute atomic E-state index is 0. The molecular formula is C18H27Cl2N5O3. The van der Waals surface area contributed by atoms with Gasteiger partial charge in [0.1, 0.15) is 5.82 Å². The lowest BCUT2D eigenvalue weighted by atomic mass is 9.88. The van der Waals surface area contributed by atoms with Gasteiger partial charge in [-0.25, -0.2) is 10.5 Å². The Labute approximate surface area is 176 Å². The van der Waals surface area contributed by atoms with Crippen molar-refractivity contribution in [3.63, 3.8) is 0 Å². The summed E-state index contributed by atoms with van der Waals surface area (Å²) >= 11 is 0. The number of hydrogen-bond donors (Lipinski definition) is 3. The second-order valence-corrected chi connectivity index (χ2v) is 7.50. The third kappa shape index (κ3) is 5.33. The predicted molar refractivity (Wildman–Crippen MR) is 110 cm³/mol. The average molecular weight is 432 g/mol. The molecule has 3 aliphatic rings. The molecule has 3 aliphatic heterocycles. The molecule has 10 heteroatoms. The summed E-state index contributed by atoms with van der Waals surface area (Å²) in [6.45, 7) is 3.12. The van der Waals surface area contributed by atoms with Crippen molar-refractivity contribution in [3.8, 4) is 0 Å². The molecule has 1 amide bonds. The molecule has 0 radical (unpaired) electrons. The third-order valence-corrected chi connectivity index (χ3v) is 5.58. The standard InChI is InChI=1S/C18H25N5O3.2ClH/c24-17(22-25)2-1-13-9-20-16(10-19-13)21-14-5-8-23(11-14)12-18-6-3-15(26-18)4-7-18;;/h1-2,9-10,14-15,25H,3-8,11-12H2,(H,20,21)(H,22,24);2*1H/t14-,15?,18?;;/m1../s1. The Bertz CT molecular complexity index is 680. The first-order valence-electron chi connectivity index (χ1n) is 9.25. The topological polar surface area (TPSA) is 99.6 Å². The normalized spacial score (nSPS) is 28.8. The van der Waals surface area contributed by atoms with E-state index in [1.54, 1.807) is 12.4 Å². The van der Waals surface area contributed by atoms with Crippen LogP contribution in [-0.2, 0) is 9.53 Å². The number of halogens is 2. The lowest BCUT2D eigenvalue weighted by molar-refractivity contribution is -0.124. The first kappa shape index (κ1) is 22.8. The Kier molecular flexibility index (Phi) is 8.03. The molecule has 3 fully saturated rings. The van der Waals surface area contributed by atoms with E-state index in [4.69, 9.17) is 9.94 Å². The highest BCUT2D eigenvalue weighted by molar-refractivity contribution is 5.90. The number of amides is 1. The van der Waals surface area contributed by atoms with Crippen LogP contribution in [0.25, 0.3) is 6.08 Å². The molecule has 4 rings (SSSR count). The average Bonchev–Trinajstić information content (AvgIpc) is 3.37. The molecular weight excluding hydrogens is 405 g/mol. The highest BCUT2D eigenvalue weighted by Gasteiger charge is 2.47. The summed E-state index contributed by atoms with van der Waals surface area (Å²) in [5, 5.41) is 11.9. The second-order valence-electron chi connectivity index (χ2n) is 7.50. The monoisotopic (exact) mass is 431 g/mol. The lowest BCUT2D eigenvalue weighted by Gasteiger charge is -2.30. The molecule has 3 saturated heterocycles. The summed E-state index contributed by atoms with van der Waals surface area (Å²) < 4.78 is 6.20. The number of aromatic nitrogens is 2. The van der Waals surface area contributed by atoms with Gasteiger partial charge in [0, 0.05) is 31.8 Å². The maximum atomic E-state index is 11.0. The summed E-state index contributed by atoms with van der Waals surface area (Å²) in [5.41, 5.74) is 2.21. The van der Waals surface area contributed by atoms with Crippen LogP contribution in [0.5, 0.6) is 0 Å². The number of ether oxygens (including phenoxy) is 1. The van der Waals surface area contributed by atoms with Crippen molar-refractivity contribution in [3.05, 3.63) is 24.2 Å². The van der Waals surface area contributed by atoms with Crippen LogP contribution in [0.2, 0.25) is 0 Å². The SMILES string of the molecule is Cl.Cl.O=C(C=Cc1cnc(N[C@@H]2CCN(CC34CCC(CC3)O4)C2)cn1)NO. The Morgan fingerprint density at radius 3 is 2.68 bits per heavy atom. The molecule has 8 nitrogen and oxygen atoms in total. The van der Waals surface area contributed by atoms with E-state index in [1.165, 1.54) is 43.3 Å². The molecule has 28 heavy (non-hydrogen) atoms. The first-order valence-corrected chi connectivity index (χ1v) is 9.25. The van der Waals surface area contributed by atoms with Gasteiger partial charge >= 0.3 is 0 Å². The number of carbonyl (C=O) groups excluding carboxylic acids is 1. The largest absolute Gasteiger partial charge is 0.370 e. The number of rotatable bonds is 6. The zero-order valence-corrected chi connectivity index (χ0v) is 17.2. The van der Waals surface area contributed by atoms with E-state index in [0.717, 1.165) is 31.9 Å². The number of fused-ring (bicyclic) bond motifs is 2. The number of anilines is 1. The highest BCUT2D eigenvalue weighted by atomic mass is 35.5. The second kappa shape index (κ2) is 9.84. The molecule has 1 aromatic rings. The van der Waals surface area contributed by atoms with Gasteiger partial charge in [-0.1, -0.05) is 0 Å². The quantitative estimate of drug-likeness (QED) is 0.359. The molecule has 156 valence electrons. The number of carbonyl (C=O) groups is 1. The van der Waals surface area contributed by atoms with Crippen LogP contribution in [0.4, 0.5) is 5.82 Å². The van der Waals surface area contributed by atoms with Gasteiger partial charge in [-0.05, 0) is 38.2 Å². The zero-order valence-electron chi connectivity index (χ0n) is 15.5. The Hall–Kier alpha value is -1.45. The van der Waals surface area contributed by atoms with Crippen molar-refractivity contribution in [2.24, 2.45) is 0 Å². The van der Waals surface area contributed by atoms with Crippen LogP contribution in [0.3, 0.4) is 0 Å². The van der Waals surface area contributed by atoms with Crippen molar-refractivity contribution in [1.29, 1.82) is 0 Å². The highest BCUT2D eigenvalue weighted by Crippen LogP contribution is 2.44.